The molecule has 2 aromatic rings. The molecule has 0 aromatic heterocycles. The minimum absolute atomic E-state index is 0.169. The molecule has 3 rings (SSSR count). The molecule has 0 amide bonds. The fourth-order valence-corrected chi connectivity index (χ4v) is 4.15. The Hall–Kier alpha value is -2.00. The van der Waals surface area contributed by atoms with Crippen LogP contribution in [0.5, 0.6) is 11.5 Å². The monoisotopic (exact) mass is 367 g/mol. The van der Waals surface area contributed by atoms with E-state index in [9.17, 15) is 0 Å². The van der Waals surface area contributed by atoms with E-state index >= 15 is 0 Å². The number of hydrogen-bond donors (Lipinski definition) is 0. The average molecular weight is 368 g/mol. The molecule has 1 atom stereocenters. The maximum absolute atomic E-state index is 6.21. The number of ether oxygens (including phenoxy) is 2. The minimum atomic E-state index is 0.169. The van der Waals surface area contributed by atoms with Crippen molar-refractivity contribution in [1.29, 1.82) is 0 Å². The van der Waals surface area contributed by atoms with Crippen molar-refractivity contribution in [1.82, 2.24) is 4.90 Å². The lowest BCUT2D eigenvalue weighted by atomic mass is 9.83. The second-order valence-electron chi connectivity index (χ2n) is 7.76. The smallest absolute Gasteiger partial charge is 0.119 e. The molecule has 1 aliphatic rings. The van der Waals surface area contributed by atoms with Crippen molar-refractivity contribution in [3.63, 3.8) is 0 Å². The Bertz CT molecular complexity index is 688. The van der Waals surface area contributed by atoms with Crippen LogP contribution in [0.15, 0.2) is 54.6 Å². The number of piperidine rings is 1. The summed E-state index contributed by atoms with van der Waals surface area (Å²) in [5.41, 5.74) is 1.53. The zero-order valence-electron chi connectivity index (χ0n) is 16.8. The SMILES string of the molecule is COc1cccc(CCCCC2(COc3ccccc3)CCCCN2C)c1. The van der Waals surface area contributed by atoms with Gasteiger partial charge in [-0.25, -0.2) is 0 Å². The van der Waals surface area contributed by atoms with E-state index < -0.39 is 0 Å². The first-order valence-corrected chi connectivity index (χ1v) is 10.2. The van der Waals surface area contributed by atoms with E-state index in [0.717, 1.165) is 24.5 Å². The first-order valence-electron chi connectivity index (χ1n) is 10.2. The number of nitrogens with zero attached hydrogens (tertiary/aromatic N) is 1. The van der Waals surface area contributed by atoms with Crippen molar-refractivity contribution in [2.75, 3.05) is 27.3 Å². The van der Waals surface area contributed by atoms with Gasteiger partial charge in [0.05, 0.1) is 12.6 Å². The average Bonchev–Trinajstić information content (AvgIpc) is 2.72. The number of aryl methyl sites for hydroxylation is 1. The molecule has 1 fully saturated rings. The topological polar surface area (TPSA) is 21.7 Å². The van der Waals surface area contributed by atoms with Crippen molar-refractivity contribution in [2.45, 2.75) is 50.5 Å². The van der Waals surface area contributed by atoms with Crippen molar-refractivity contribution in [2.24, 2.45) is 0 Å². The summed E-state index contributed by atoms with van der Waals surface area (Å²) >= 11 is 0. The Morgan fingerprint density at radius 1 is 0.963 bits per heavy atom. The summed E-state index contributed by atoms with van der Waals surface area (Å²) in [5.74, 6) is 1.93. The first-order chi connectivity index (χ1) is 13.2. The molecule has 3 nitrogen and oxygen atoms in total. The third kappa shape index (κ3) is 5.49. The van der Waals surface area contributed by atoms with Crippen molar-refractivity contribution in [3.8, 4) is 11.5 Å². The fraction of sp³-hybridized carbons (Fsp3) is 0.500. The molecule has 0 bridgehead atoms. The third-order valence-electron chi connectivity index (χ3n) is 5.94. The second kappa shape index (κ2) is 9.80. The summed E-state index contributed by atoms with van der Waals surface area (Å²) in [4.78, 5) is 2.55. The van der Waals surface area contributed by atoms with Crippen molar-refractivity contribution < 1.29 is 9.47 Å². The lowest BCUT2D eigenvalue weighted by Crippen LogP contribution is -2.53. The Balaban J connectivity index is 1.55. The van der Waals surface area contributed by atoms with Gasteiger partial charge in [0.1, 0.15) is 18.1 Å². The lowest BCUT2D eigenvalue weighted by Gasteiger charge is -2.45. The molecule has 0 radical (unpaired) electrons. The van der Waals surface area contributed by atoms with Gasteiger partial charge in [0.15, 0.2) is 0 Å². The van der Waals surface area contributed by atoms with E-state index in [1.165, 1.54) is 50.6 Å². The Labute approximate surface area is 164 Å². The van der Waals surface area contributed by atoms with Crippen LogP contribution in [0, 0.1) is 0 Å². The van der Waals surface area contributed by atoms with Gasteiger partial charge >= 0.3 is 0 Å². The highest BCUT2D eigenvalue weighted by molar-refractivity contribution is 5.28. The van der Waals surface area contributed by atoms with E-state index in [4.69, 9.17) is 9.47 Å². The molecule has 0 saturated carbocycles. The third-order valence-corrected chi connectivity index (χ3v) is 5.94. The van der Waals surface area contributed by atoms with Gasteiger partial charge < -0.3 is 9.47 Å². The summed E-state index contributed by atoms with van der Waals surface area (Å²) in [6.07, 6.45) is 8.56. The van der Waals surface area contributed by atoms with Crippen molar-refractivity contribution >= 4 is 0 Å². The molecule has 2 aromatic carbocycles. The molecular formula is C24H33NO2. The van der Waals surface area contributed by atoms with Gasteiger partial charge in [-0.3, -0.25) is 4.90 Å². The Morgan fingerprint density at radius 3 is 2.56 bits per heavy atom. The number of para-hydroxylation sites is 1. The van der Waals surface area contributed by atoms with Gasteiger partial charge in [-0.15, -0.1) is 0 Å². The number of likely N-dealkylation sites (N-methyl/N-ethyl adjacent to an activating group) is 1. The highest BCUT2D eigenvalue weighted by Crippen LogP contribution is 2.33. The fourth-order valence-electron chi connectivity index (χ4n) is 4.15. The van der Waals surface area contributed by atoms with Crippen LogP contribution in [0.3, 0.4) is 0 Å². The van der Waals surface area contributed by atoms with Crippen LogP contribution in [-0.2, 0) is 6.42 Å². The van der Waals surface area contributed by atoms with Crippen molar-refractivity contribution in [3.05, 3.63) is 60.2 Å². The van der Waals surface area contributed by atoms with E-state index in [-0.39, 0.29) is 5.54 Å². The Morgan fingerprint density at radius 2 is 1.78 bits per heavy atom. The second-order valence-corrected chi connectivity index (χ2v) is 7.76. The number of benzene rings is 2. The summed E-state index contributed by atoms with van der Waals surface area (Å²) in [7, 11) is 4.00. The zero-order chi connectivity index (χ0) is 19.0. The maximum Gasteiger partial charge on any atom is 0.119 e. The van der Waals surface area contributed by atoms with Crippen LogP contribution in [0.4, 0.5) is 0 Å². The lowest BCUT2D eigenvalue weighted by molar-refractivity contribution is 0.0183. The minimum Gasteiger partial charge on any atom is -0.497 e. The van der Waals surface area contributed by atoms with Crippen LogP contribution in [-0.4, -0.2) is 37.7 Å². The van der Waals surface area contributed by atoms with E-state index in [1.54, 1.807) is 7.11 Å². The van der Waals surface area contributed by atoms with E-state index in [1.807, 2.05) is 24.3 Å². The van der Waals surface area contributed by atoms with Crippen LogP contribution in [0.25, 0.3) is 0 Å². The van der Waals surface area contributed by atoms with Crippen LogP contribution < -0.4 is 9.47 Å². The zero-order valence-corrected chi connectivity index (χ0v) is 16.8. The van der Waals surface area contributed by atoms with E-state index in [0.29, 0.717) is 0 Å². The molecule has 0 aliphatic carbocycles. The predicted molar refractivity (Wildman–Crippen MR) is 112 cm³/mol. The number of likely N-dealkylation sites (tertiary alicyclic amines) is 1. The molecule has 0 spiro atoms. The maximum atomic E-state index is 6.21. The molecule has 1 aliphatic heterocycles. The van der Waals surface area contributed by atoms with Crippen LogP contribution in [0.2, 0.25) is 0 Å². The standard InChI is InChI=1S/C24H33NO2/c1-25-18-9-8-17-24(25,20-27-22-13-4-3-5-14-22)16-7-6-11-21-12-10-15-23(19-21)26-2/h3-5,10,12-15,19H,6-9,11,16-18,20H2,1-2H3. The van der Waals surface area contributed by atoms with Gasteiger partial charge in [-0.1, -0.05) is 43.2 Å². The van der Waals surface area contributed by atoms with E-state index in [2.05, 4.69) is 42.3 Å². The van der Waals surface area contributed by atoms with Gasteiger partial charge in [0, 0.05) is 0 Å². The summed E-state index contributed by atoms with van der Waals surface area (Å²) < 4.78 is 11.5. The highest BCUT2D eigenvalue weighted by Gasteiger charge is 2.36. The van der Waals surface area contributed by atoms with Gasteiger partial charge in [-0.2, -0.15) is 0 Å². The highest BCUT2D eigenvalue weighted by atomic mass is 16.5. The molecule has 27 heavy (non-hydrogen) atoms. The summed E-state index contributed by atoms with van der Waals surface area (Å²) in [6, 6.07) is 18.7. The van der Waals surface area contributed by atoms with Gasteiger partial charge in [0.25, 0.3) is 0 Å². The Kier molecular flexibility index (Phi) is 7.17. The number of hydrogen-bond acceptors (Lipinski definition) is 3. The number of unbranched alkanes of at least 4 members (excludes halogenated alkanes) is 1. The van der Waals surface area contributed by atoms with Crippen LogP contribution in [0.1, 0.15) is 44.1 Å². The molecular weight excluding hydrogens is 334 g/mol. The molecule has 1 heterocycles. The summed E-state index contributed by atoms with van der Waals surface area (Å²) in [6.45, 7) is 1.96. The normalized spacial score (nSPS) is 20.4. The molecule has 1 saturated heterocycles. The molecule has 1 unspecified atom stereocenters. The predicted octanol–water partition coefficient (Wildman–Crippen LogP) is 5.34. The number of methoxy groups -OCH3 is 1. The van der Waals surface area contributed by atoms with Gasteiger partial charge in [-0.05, 0) is 75.5 Å². The first kappa shape index (κ1) is 19.8. The van der Waals surface area contributed by atoms with Gasteiger partial charge in [0.2, 0.25) is 0 Å². The quantitative estimate of drug-likeness (QED) is 0.558. The number of rotatable bonds is 9. The molecule has 3 heteroatoms. The molecule has 146 valence electrons. The largest absolute Gasteiger partial charge is 0.497 e. The summed E-state index contributed by atoms with van der Waals surface area (Å²) in [5, 5.41) is 0. The van der Waals surface area contributed by atoms with Crippen LogP contribution >= 0.6 is 0 Å². The molecule has 0 N–H and O–H groups in total.